The molecule has 3 nitrogen and oxygen atoms in total. The zero-order valence-electron chi connectivity index (χ0n) is 11.8. The van der Waals surface area contributed by atoms with Crippen LogP contribution in [0.15, 0.2) is 15.9 Å². The average Bonchev–Trinajstić information content (AvgIpc) is 2.80. The molecule has 0 spiro atoms. The third kappa shape index (κ3) is 4.26. The summed E-state index contributed by atoms with van der Waals surface area (Å²) in [6.07, 6.45) is 2.62. The first-order chi connectivity index (χ1) is 9.10. The topological polar surface area (TPSA) is 32.5 Å². The van der Waals surface area contributed by atoms with Gasteiger partial charge in [-0.25, -0.2) is 0 Å². The van der Waals surface area contributed by atoms with Crippen molar-refractivity contribution in [2.75, 3.05) is 40.3 Å². The Kier molecular flexibility index (Phi) is 5.84. The van der Waals surface area contributed by atoms with Crippen LogP contribution in [-0.4, -0.2) is 50.1 Å². The van der Waals surface area contributed by atoms with Crippen molar-refractivity contribution in [3.63, 3.8) is 0 Å². The van der Waals surface area contributed by atoms with Gasteiger partial charge in [-0.05, 0) is 74.0 Å². The number of piperidine rings is 1. The number of nitrogens with two attached hydrogens (primary N) is 1. The van der Waals surface area contributed by atoms with Gasteiger partial charge >= 0.3 is 0 Å². The van der Waals surface area contributed by atoms with Crippen molar-refractivity contribution in [2.24, 2.45) is 11.7 Å². The van der Waals surface area contributed by atoms with E-state index in [1.807, 2.05) is 0 Å². The first-order valence-electron chi connectivity index (χ1n) is 6.94. The van der Waals surface area contributed by atoms with Gasteiger partial charge in [0.05, 0.1) is 9.83 Å². The van der Waals surface area contributed by atoms with E-state index in [1.165, 1.54) is 34.6 Å². The third-order valence-corrected chi connectivity index (χ3v) is 5.79. The molecule has 1 unspecified atom stereocenters. The van der Waals surface area contributed by atoms with Crippen molar-refractivity contribution in [1.29, 1.82) is 0 Å². The van der Waals surface area contributed by atoms with Crippen molar-refractivity contribution in [2.45, 2.75) is 18.9 Å². The van der Waals surface area contributed by atoms with Gasteiger partial charge in [-0.3, -0.25) is 4.90 Å². The van der Waals surface area contributed by atoms with Gasteiger partial charge in [0.1, 0.15) is 0 Å². The number of rotatable bonds is 5. The Balaban J connectivity index is 1.91. The minimum Gasteiger partial charge on any atom is -0.329 e. The number of halogens is 1. The molecule has 1 aromatic rings. The molecule has 0 amide bonds. The lowest BCUT2D eigenvalue weighted by molar-refractivity contribution is 0.153. The summed E-state index contributed by atoms with van der Waals surface area (Å²) < 4.78 is 1.19. The molecule has 1 fully saturated rings. The second-order valence-corrected chi connectivity index (χ2v) is 8.07. The maximum absolute atomic E-state index is 5.98. The van der Waals surface area contributed by atoms with E-state index in [-0.39, 0.29) is 0 Å². The molecule has 108 valence electrons. The predicted octanol–water partition coefficient (Wildman–Crippen LogP) is 2.78. The van der Waals surface area contributed by atoms with Crippen molar-refractivity contribution in [3.8, 4) is 0 Å². The number of thiophene rings is 1. The number of likely N-dealkylation sites (N-methyl/N-ethyl adjacent to an activating group) is 1. The molecule has 1 aliphatic heterocycles. The SMILES string of the molecule is CN1CCC(CN(C)C(CN)c2ccc(Br)s2)CC1. The van der Waals surface area contributed by atoms with Gasteiger partial charge in [0.2, 0.25) is 0 Å². The van der Waals surface area contributed by atoms with Gasteiger partial charge in [-0.1, -0.05) is 0 Å². The van der Waals surface area contributed by atoms with Gasteiger partial charge in [-0.15, -0.1) is 11.3 Å². The molecule has 1 aliphatic rings. The lowest BCUT2D eigenvalue weighted by Gasteiger charge is -2.34. The van der Waals surface area contributed by atoms with Gasteiger partial charge in [0.15, 0.2) is 0 Å². The maximum Gasteiger partial charge on any atom is 0.0702 e. The van der Waals surface area contributed by atoms with Crippen molar-refractivity contribution in [1.82, 2.24) is 9.80 Å². The van der Waals surface area contributed by atoms with Gasteiger partial charge in [-0.2, -0.15) is 0 Å². The van der Waals surface area contributed by atoms with Crippen LogP contribution in [0.1, 0.15) is 23.8 Å². The molecule has 0 aromatic carbocycles. The van der Waals surface area contributed by atoms with Crippen LogP contribution >= 0.6 is 27.3 Å². The predicted molar refractivity (Wildman–Crippen MR) is 86.7 cm³/mol. The molecule has 1 saturated heterocycles. The summed E-state index contributed by atoms with van der Waals surface area (Å²) in [6.45, 7) is 4.31. The Morgan fingerprint density at radius 1 is 1.47 bits per heavy atom. The van der Waals surface area contributed by atoms with Gasteiger partial charge in [0.25, 0.3) is 0 Å². The van der Waals surface area contributed by atoms with E-state index < -0.39 is 0 Å². The Hall–Kier alpha value is 0.0600. The molecule has 2 rings (SSSR count). The summed E-state index contributed by atoms with van der Waals surface area (Å²) in [5.41, 5.74) is 5.98. The fraction of sp³-hybridized carbons (Fsp3) is 0.714. The summed E-state index contributed by atoms with van der Waals surface area (Å²) >= 11 is 5.34. The van der Waals surface area contributed by atoms with Crippen LogP contribution in [-0.2, 0) is 0 Å². The number of nitrogens with zero attached hydrogens (tertiary/aromatic N) is 2. The van der Waals surface area contributed by atoms with E-state index in [0.29, 0.717) is 12.6 Å². The molecule has 19 heavy (non-hydrogen) atoms. The van der Waals surface area contributed by atoms with E-state index in [0.717, 1.165) is 12.5 Å². The fourth-order valence-electron chi connectivity index (χ4n) is 2.80. The Morgan fingerprint density at radius 3 is 2.68 bits per heavy atom. The molecule has 5 heteroatoms. The molecule has 1 aromatic heterocycles. The monoisotopic (exact) mass is 345 g/mol. The summed E-state index contributed by atoms with van der Waals surface area (Å²) in [4.78, 5) is 6.23. The van der Waals surface area contributed by atoms with Crippen LogP contribution in [0.25, 0.3) is 0 Å². The number of likely N-dealkylation sites (tertiary alicyclic amines) is 1. The minimum atomic E-state index is 0.357. The number of hydrogen-bond donors (Lipinski definition) is 1. The highest BCUT2D eigenvalue weighted by molar-refractivity contribution is 9.11. The van der Waals surface area contributed by atoms with Crippen molar-refractivity contribution in [3.05, 3.63) is 20.8 Å². The zero-order valence-corrected chi connectivity index (χ0v) is 14.2. The Labute approximate surface area is 128 Å². The lowest BCUT2D eigenvalue weighted by Crippen LogP contribution is -2.38. The first-order valence-corrected chi connectivity index (χ1v) is 8.55. The van der Waals surface area contributed by atoms with Gasteiger partial charge in [0, 0.05) is 18.0 Å². The molecule has 1 atom stereocenters. The second-order valence-electron chi connectivity index (χ2n) is 5.58. The first kappa shape index (κ1) is 15.4. The molecule has 0 saturated carbocycles. The highest BCUT2D eigenvalue weighted by Crippen LogP contribution is 2.30. The molecule has 2 heterocycles. The second kappa shape index (κ2) is 7.18. The normalized spacial score (nSPS) is 20.1. The van der Waals surface area contributed by atoms with Crippen LogP contribution in [0.5, 0.6) is 0 Å². The van der Waals surface area contributed by atoms with E-state index in [2.05, 4.69) is 52.0 Å². The van der Waals surface area contributed by atoms with Crippen LogP contribution in [0.2, 0.25) is 0 Å². The van der Waals surface area contributed by atoms with E-state index >= 15 is 0 Å². The molecule has 2 N–H and O–H groups in total. The molecular formula is C14H24BrN3S. The van der Waals surface area contributed by atoms with E-state index in [1.54, 1.807) is 11.3 Å². The molecule has 0 bridgehead atoms. The zero-order chi connectivity index (χ0) is 13.8. The highest BCUT2D eigenvalue weighted by atomic mass is 79.9. The summed E-state index contributed by atoms with van der Waals surface area (Å²) in [5.74, 6) is 0.818. The summed E-state index contributed by atoms with van der Waals surface area (Å²) in [7, 11) is 4.43. The fourth-order valence-corrected chi connectivity index (χ4v) is 4.40. The van der Waals surface area contributed by atoms with Crippen molar-refractivity contribution >= 4 is 27.3 Å². The summed E-state index contributed by atoms with van der Waals surface area (Å²) in [6, 6.07) is 4.67. The Bertz CT molecular complexity index is 388. The van der Waals surface area contributed by atoms with Crippen LogP contribution in [0.4, 0.5) is 0 Å². The van der Waals surface area contributed by atoms with Crippen LogP contribution < -0.4 is 5.73 Å². The quantitative estimate of drug-likeness (QED) is 0.890. The number of hydrogen-bond acceptors (Lipinski definition) is 4. The van der Waals surface area contributed by atoms with Crippen molar-refractivity contribution < 1.29 is 0 Å². The molecule has 0 radical (unpaired) electrons. The smallest absolute Gasteiger partial charge is 0.0702 e. The standard InChI is InChI=1S/C14H24BrN3S/c1-17-7-5-11(6-8-17)10-18(2)12(9-16)13-3-4-14(15)19-13/h3-4,11-12H,5-10,16H2,1-2H3. The molecule has 0 aliphatic carbocycles. The minimum absolute atomic E-state index is 0.357. The van der Waals surface area contributed by atoms with E-state index in [4.69, 9.17) is 5.73 Å². The lowest BCUT2D eigenvalue weighted by atomic mass is 9.96. The average molecular weight is 346 g/mol. The maximum atomic E-state index is 5.98. The van der Waals surface area contributed by atoms with Crippen LogP contribution in [0, 0.1) is 5.92 Å². The highest BCUT2D eigenvalue weighted by Gasteiger charge is 2.23. The van der Waals surface area contributed by atoms with E-state index in [9.17, 15) is 0 Å². The Morgan fingerprint density at radius 2 is 2.16 bits per heavy atom. The van der Waals surface area contributed by atoms with Crippen LogP contribution in [0.3, 0.4) is 0 Å². The third-order valence-electron chi connectivity index (χ3n) is 4.06. The molecular weight excluding hydrogens is 322 g/mol. The largest absolute Gasteiger partial charge is 0.329 e. The van der Waals surface area contributed by atoms with Gasteiger partial charge < -0.3 is 10.6 Å². The summed E-state index contributed by atoms with van der Waals surface area (Å²) in [5, 5.41) is 0.